The van der Waals surface area contributed by atoms with Crippen molar-refractivity contribution < 1.29 is 0 Å². The lowest BCUT2D eigenvalue weighted by atomic mass is 9.75. The maximum atomic E-state index is 4.35. The minimum Gasteiger partial charge on any atom is -0.354 e. The predicted octanol–water partition coefficient (Wildman–Crippen LogP) is 2.87. The predicted molar refractivity (Wildman–Crippen MR) is 65.0 cm³/mol. The molecule has 1 saturated heterocycles. The second-order valence-electron chi connectivity index (χ2n) is 4.26. The topological polar surface area (TPSA) is 29.0 Å². The van der Waals surface area contributed by atoms with Crippen molar-refractivity contribution in [1.82, 2.24) is 9.97 Å². The Labute approximate surface area is 99.0 Å². The first-order valence-corrected chi connectivity index (χ1v) is 6.21. The molecule has 2 rings (SSSR count). The van der Waals surface area contributed by atoms with Crippen LogP contribution in [-0.4, -0.2) is 23.1 Å². The highest BCUT2D eigenvalue weighted by Gasteiger charge is 2.40. The average Bonchev–Trinajstić information content (AvgIpc) is 2.20. The first-order valence-electron chi connectivity index (χ1n) is 5.41. The van der Waals surface area contributed by atoms with E-state index in [4.69, 9.17) is 0 Å². The van der Waals surface area contributed by atoms with E-state index in [9.17, 15) is 0 Å². The van der Waals surface area contributed by atoms with Crippen LogP contribution in [0.1, 0.15) is 26.7 Å². The molecule has 0 saturated carbocycles. The van der Waals surface area contributed by atoms with Crippen LogP contribution < -0.4 is 4.90 Å². The second kappa shape index (κ2) is 4.08. The standard InChI is InChI=1S/C11H16BrN3/c1-3-11(4-2)7-15(8-11)10-6-13-9(12)5-14-10/h5-6H,3-4,7-8H2,1-2H3. The summed E-state index contributed by atoms with van der Waals surface area (Å²) in [7, 11) is 0. The molecule has 0 radical (unpaired) electrons. The van der Waals surface area contributed by atoms with Gasteiger partial charge in [-0.3, -0.25) is 0 Å². The fraction of sp³-hybridized carbons (Fsp3) is 0.636. The molecular formula is C11H16BrN3. The highest BCUT2D eigenvalue weighted by Crippen LogP contribution is 2.38. The summed E-state index contributed by atoms with van der Waals surface area (Å²) in [6, 6.07) is 0. The molecule has 0 aliphatic carbocycles. The van der Waals surface area contributed by atoms with Crippen LogP contribution in [0.3, 0.4) is 0 Å². The number of aromatic nitrogens is 2. The molecule has 0 amide bonds. The van der Waals surface area contributed by atoms with E-state index in [1.807, 2.05) is 6.20 Å². The van der Waals surface area contributed by atoms with E-state index in [0.717, 1.165) is 23.5 Å². The molecule has 82 valence electrons. The Hall–Kier alpha value is -0.640. The van der Waals surface area contributed by atoms with Gasteiger partial charge in [-0.05, 0) is 28.8 Å². The molecule has 1 fully saturated rings. The van der Waals surface area contributed by atoms with E-state index >= 15 is 0 Å². The van der Waals surface area contributed by atoms with Gasteiger partial charge in [-0.2, -0.15) is 0 Å². The lowest BCUT2D eigenvalue weighted by Gasteiger charge is -2.50. The summed E-state index contributed by atoms with van der Waals surface area (Å²) in [6.45, 7) is 6.79. The highest BCUT2D eigenvalue weighted by molar-refractivity contribution is 9.10. The Balaban J connectivity index is 2.02. The molecular weight excluding hydrogens is 254 g/mol. The molecule has 1 aromatic rings. The molecule has 0 spiro atoms. The van der Waals surface area contributed by atoms with Gasteiger partial charge in [0.25, 0.3) is 0 Å². The van der Waals surface area contributed by atoms with Gasteiger partial charge in [0.2, 0.25) is 0 Å². The summed E-state index contributed by atoms with van der Waals surface area (Å²) in [5, 5.41) is 0. The van der Waals surface area contributed by atoms with Crippen molar-refractivity contribution >= 4 is 21.7 Å². The van der Waals surface area contributed by atoms with Gasteiger partial charge >= 0.3 is 0 Å². The van der Waals surface area contributed by atoms with E-state index < -0.39 is 0 Å². The summed E-state index contributed by atoms with van der Waals surface area (Å²) in [4.78, 5) is 10.8. The van der Waals surface area contributed by atoms with Crippen molar-refractivity contribution in [3.63, 3.8) is 0 Å². The van der Waals surface area contributed by atoms with Crippen molar-refractivity contribution in [3.05, 3.63) is 17.0 Å². The molecule has 3 nitrogen and oxygen atoms in total. The highest BCUT2D eigenvalue weighted by atomic mass is 79.9. The monoisotopic (exact) mass is 269 g/mol. The molecule has 1 aromatic heterocycles. The number of halogens is 1. The Morgan fingerprint density at radius 3 is 2.40 bits per heavy atom. The van der Waals surface area contributed by atoms with E-state index in [1.165, 1.54) is 12.8 Å². The van der Waals surface area contributed by atoms with Gasteiger partial charge in [0.15, 0.2) is 0 Å². The third-order valence-corrected chi connectivity index (χ3v) is 3.89. The number of anilines is 1. The van der Waals surface area contributed by atoms with Crippen molar-refractivity contribution in [2.45, 2.75) is 26.7 Å². The van der Waals surface area contributed by atoms with E-state index in [-0.39, 0.29) is 0 Å². The molecule has 0 atom stereocenters. The zero-order valence-electron chi connectivity index (χ0n) is 9.20. The Morgan fingerprint density at radius 2 is 1.93 bits per heavy atom. The van der Waals surface area contributed by atoms with Crippen molar-refractivity contribution in [1.29, 1.82) is 0 Å². The molecule has 2 heterocycles. The van der Waals surface area contributed by atoms with Crippen molar-refractivity contribution in [3.8, 4) is 0 Å². The van der Waals surface area contributed by atoms with Gasteiger partial charge in [-0.25, -0.2) is 9.97 Å². The summed E-state index contributed by atoms with van der Waals surface area (Å²) in [5.41, 5.74) is 0.523. The van der Waals surface area contributed by atoms with Crippen LogP contribution in [0.2, 0.25) is 0 Å². The lowest BCUT2D eigenvalue weighted by Crippen LogP contribution is -2.56. The van der Waals surface area contributed by atoms with Crippen LogP contribution in [-0.2, 0) is 0 Å². The lowest BCUT2D eigenvalue weighted by molar-refractivity contribution is 0.193. The van der Waals surface area contributed by atoms with Crippen LogP contribution in [0.15, 0.2) is 17.0 Å². The SMILES string of the molecule is CCC1(CC)CN(c2cnc(Br)cn2)C1. The number of hydrogen-bond acceptors (Lipinski definition) is 3. The Morgan fingerprint density at radius 1 is 1.27 bits per heavy atom. The van der Waals surface area contributed by atoms with Gasteiger partial charge in [0, 0.05) is 18.5 Å². The third kappa shape index (κ3) is 2.00. The van der Waals surface area contributed by atoms with E-state index in [0.29, 0.717) is 5.41 Å². The van der Waals surface area contributed by atoms with E-state index in [1.54, 1.807) is 6.20 Å². The normalized spacial score (nSPS) is 18.7. The molecule has 0 aromatic carbocycles. The zero-order chi connectivity index (χ0) is 10.9. The minimum atomic E-state index is 0.523. The average molecular weight is 270 g/mol. The van der Waals surface area contributed by atoms with Crippen molar-refractivity contribution in [2.75, 3.05) is 18.0 Å². The Kier molecular flexibility index (Phi) is 2.96. The molecule has 0 unspecified atom stereocenters. The first-order chi connectivity index (χ1) is 7.19. The molecule has 1 aliphatic rings. The summed E-state index contributed by atoms with van der Waals surface area (Å²) in [6.07, 6.45) is 6.10. The van der Waals surface area contributed by atoms with Gasteiger partial charge in [0.05, 0.1) is 12.4 Å². The second-order valence-corrected chi connectivity index (χ2v) is 5.07. The van der Waals surface area contributed by atoms with Crippen LogP contribution in [0.25, 0.3) is 0 Å². The first kappa shape index (κ1) is 10.9. The fourth-order valence-corrected chi connectivity index (χ4v) is 2.30. The van der Waals surface area contributed by atoms with Gasteiger partial charge in [-0.15, -0.1) is 0 Å². The quantitative estimate of drug-likeness (QED) is 0.845. The van der Waals surface area contributed by atoms with Crippen LogP contribution in [0.4, 0.5) is 5.82 Å². The van der Waals surface area contributed by atoms with Gasteiger partial charge < -0.3 is 4.90 Å². The fourth-order valence-electron chi connectivity index (χ4n) is 2.09. The number of rotatable bonds is 3. The van der Waals surface area contributed by atoms with Gasteiger partial charge in [-0.1, -0.05) is 13.8 Å². The molecule has 0 N–H and O–H groups in total. The summed E-state index contributed by atoms with van der Waals surface area (Å²) >= 11 is 3.29. The number of nitrogens with zero attached hydrogens (tertiary/aromatic N) is 3. The number of hydrogen-bond donors (Lipinski definition) is 0. The Bertz CT molecular complexity index is 324. The maximum absolute atomic E-state index is 4.35. The van der Waals surface area contributed by atoms with Crippen LogP contribution >= 0.6 is 15.9 Å². The van der Waals surface area contributed by atoms with Gasteiger partial charge in [0.1, 0.15) is 10.4 Å². The molecule has 15 heavy (non-hydrogen) atoms. The van der Waals surface area contributed by atoms with Crippen molar-refractivity contribution in [2.24, 2.45) is 5.41 Å². The van der Waals surface area contributed by atoms with Crippen LogP contribution in [0.5, 0.6) is 0 Å². The van der Waals surface area contributed by atoms with Crippen LogP contribution in [0, 0.1) is 5.41 Å². The minimum absolute atomic E-state index is 0.523. The zero-order valence-corrected chi connectivity index (χ0v) is 10.8. The summed E-state index contributed by atoms with van der Waals surface area (Å²) < 4.78 is 0.795. The molecule has 4 heteroatoms. The largest absolute Gasteiger partial charge is 0.354 e. The maximum Gasteiger partial charge on any atom is 0.147 e. The smallest absolute Gasteiger partial charge is 0.147 e. The molecule has 1 aliphatic heterocycles. The van der Waals surface area contributed by atoms with E-state index in [2.05, 4.69) is 44.6 Å². The summed E-state index contributed by atoms with van der Waals surface area (Å²) in [5.74, 6) is 0.996. The molecule has 0 bridgehead atoms. The third-order valence-electron chi connectivity index (χ3n) is 3.48.